The standard InChI is InChI=1S/C12H17NO/c13-12(8-9-12)7-4-10-14-11-5-2-1-3-6-11/h1-3,5-6H,4,7-10,13H2. The molecule has 2 heteroatoms. The molecule has 0 saturated heterocycles. The minimum atomic E-state index is 0.167. The molecule has 14 heavy (non-hydrogen) atoms. The molecular formula is C12H17NO. The van der Waals surface area contributed by atoms with E-state index in [0.29, 0.717) is 0 Å². The van der Waals surface area contributed by atoms with Gasteiger partial charge in [0.1, 0.15) is 5.75 Å². The monoisotopic (exact) mass is 191 g/mol. The second-order valence-electron chi connectivity index (χ2n) is 4.13. The minimum Gasteiger partial charge on any atom is -0.494 e. The largest absolute Gasteiger partial charge is 0.494 e. The van der Waals surface area contributed by atoms with Gasteiger partial charge in [-0.25, -0.2) is 0 Å². The molecule has 1 aromatic carbocycles. The fraction of sp³-hybridized carbons (Fsp3) is 0.500. The van der Waals surface area contributed by atoms with Gasteiger partial charge in [0.05, 0.1) is 6.61 Å². The Labute approximate surface area is 85.1 Å². The van der Waals surface area contributed by atoms with Crippen LogP contribution in [-0.4, -0.2) is 12.1 Å². The molecule has 1 aromatic rings. The number of benzene rings is 1. The van der Waals surface area contributed by atoms with Crippen LogP contribution in [0.25, 0.3) is 0 Å². The molecule has 0 aromatic heterocycles. The topological polar surface area (TPSA) is 35.2 Å². The summed E-state index contributed by atoms with van der Waals surface area (Å²) in [7, 11) is 0. The Balaban J connectivity index is 1.63. The van der Waals surface area contributed by atoms with Gasteiger partial charge in [0.15, 0.2) is 0 Å². The number of ether oxygens (including phenoxy) is 1. The third-order valence-electron chi connectivity index (χ3n) is 2.72. The maximum Gasteiger partial charge on any atom is 0.119 e. The van der Waals surface area contributed by atoms with Gasteiger partial charge in [-0.15, -0.1) is 0 Å². The van der Waals surface area contributed by atoms with Gasteiger partial charge in [0, 0.05) is 5.54 Å². The van der Waals surface area contributed by atoms with Crippen molar-refractivity contribution in [1.29, 1.82) is 0 Å². The van der Waals surface area contributed by atoms with Gasteiger partial charge in [0.25, 0.3) is 0 Å². The third kappa shape index (κ3) is 2.74. The molecule has 2 nitrogen and oxygen atoms in total. The number of hydrogen-bond acceptors (Lipinski definition) is 2. The van der Waals surface area contributed by atoms with Crippen molar-refractivity contribution < 1.29 is 4.74 Å². The lowest BCUT2D eigenvalue weighted by Crippen LogP contribution is -2.22. The molecule has 1 aliphatic carbocycles. The molecule has 0 heterocycles. The zero-order chi connectivity index (χ0) is 9.86. The lowest BCUT2D eigenvalue weighted by molar-refractivity contribution is 0.299. The van der Waals surface area contributed by atoms with Gasteiger partial charge in [0.2, 0.25) is 0 Å². The summed E-state index contributed by atoms with van der Waals surface area (Å²) in [4.78, 5) is 0. The smallest absolute Gasteiger partial charge is 0.119 e. The van der Waals surface area contributed by atoms with E-state index >= 15 is 0 Å². The fourth-order valence-corrected chi connectivity index (χ4v) is 1.54. The van der Waals surface area contributed by atoms with Crippen molar-refractivity contribution in [2.45, 2.75) is 31.2 Å². The van der Waals surface area contributed by atoms with Crippen LogP contribution in [0, 0.1) is 0 Å². The van der Waals surface area contributed by atoms with E-state index in [0.717, 1.165) is 25.2 Å². The van der Waals surface area contributed by atoms with Gasteiger partial charge in [-0.1, -0.05) is 18.2 Å². The lowest BCUT2D eigenvalue weighted by Gasteiger charge is -2.09. The Bertz CT molecular complexity index is 280. The van der Waals surface area contributed by atoms with Gasteiger partial charge < -0.3 is 10.5 Å². The third-order valence-corrected chi connectivity index (χ3v) is 2.72. The molecule has 0 amide bonds. The van der Waals surface area contributed by atoms with Crippen molar-refractivity contribution in [1.82, 2.24) is 0 Å². The number of hydrogen-bond donors (Lipinski definition) is 1. The predicted molar refractivity (Wildman–Crippen MR) is 57.3 cm³/mol. The number of nitrogens with two attached hydrogens (primary N) is 1. The summed E-state index contributed by atoms with van der Waals surface area (Å²) in [6.07, 6.45) is 4.54. The Morgan fingerprint density at radius 1 is 1.21 bits per heavy atom. The molecule has 0 aliphatic heterocycles. The summed E-state index contributed by atoms with van der Waals surface area (Å²) >= 11 is 0. The zero-order valence-electron chi connectivity index (χ0n) is 8.41. The van der Waals surface area contributed by atoms with Crippen LogP contribution in [0.15, 0.2) is 30.3 Å². The van der Waals surface area contributed by atoms with Crippen LogP contribution in [-0.2, 0) is 0 Å². The summed E-state index contributed by atoms with van der Waals surface area (Å²) in [5.41, 5.74) is 6.14. The van der Waals surface area contributed by atoms with E-state index in [1.807, 2.05) is 30.3 Å². The second-order valence-corrected chi connectivity index (χ2v) is 4.13. The van der Waals surface area contributed by atoms with E-state index in [-0.39, 0.29) is 5.54 Å². The first-order valence-electron chi connectivity index (χ1n) is 5.25. The molecule has 0 spiro atoms. The summed E-state index contributed by atoms with van der Waals surface area (Å²) in [5, 5.41) is 0. The lowest BCUT2D eigenvalue weighted by atomic mass is 10.1. The Morgan fingerprint density at radius 3 is 2.57 bits per heavy atom. The second kappa shape index (κ2) is 4.01. The minimum absolute atomic E-state index is 0.167. The maximum absolute atomic E-state index is 5.97. The van der Waals surface area contributed by atoms with Crippen molar-refractivity contribution in [3.63, 3.8) is 0 Å². The van der Waals surface area contributed by atoms with Crippen LogP contribution in [0.4, 0.5) is 0 Å². The molecule has 0 radical (unpaired) electrons. The average molecular weight is 191 g/mol. The summed E-state index contributed by atoms with van der Waals surface area (Å²) < 4.78 is 5.57. The molecule has 0 atom stereocenters. The quantitative estimate of drug-likeness (QED) is 0.725. The van der Waals surface area contributed by atoms with Gasteiger partial charge >= 0.3 is 0 Å². The molecule has 76 valence electrons. The molecule has 1 saturated carbocycles. The van der Waals surface area contributed by atoms with E-state index in [2.05, 4.69) is 0 Å². The van der Waals surface area contributed by atoms with Crippen LogP contribution in [0.2, 0.25) is 0 Å². The summed E-state index contributed by atoms with van der Waals surface area (Å²) in [5.74, 6) is 0.953. The highest BCUT2D eigenvalue weighted by molar-refractivity contribution is 5.20. The van der Waals surface area contributed by atoms with E-state index in [1.165, 1.54) is 12.8 Å². The van der Waals surface area contributed by atoms with E-state index in [9.17, 15) is 0 Å². The fourth-order valence-electron chi connectivity index (χ4n) is 1.54. The molecule has 2 N–H and O–H groups in total. The van der Waals surface area contributed by atoms with Gasteiger partial charge in [-0.05, 0) is 37.8 Å². The molecule has 2 rings (SSSR count). The summed E-state index contributed by atoms with van der Waals surface area (Å²) in [6, 6.07) is 9.93. The average Bonchev–Trinajstić information content (AvgIpc) is 2.94. The van der Waals surface area contributed by atoms with Crippen LogP contribution >= 0.6 is 0 Å². The first-order valence-corrected chi connectivity index (χ1v) is 5.25. The van der Waals surface area contributed by atoms with Crippen molar-refractivity contribution >= 4 is 0 Å². The van der Waals surface area contributed by atoms with Gasteiger partial charge in [-0.2, -0.15) is 0 Å². The van der Waals surface area contributed by atoms with Crippen LogP contribution in [0.3, 0.4) is 0 Å². The molecule has 0 unspecified atom stereocenters. The van der Waals surface area contributed by atoms with Crippen molar-refractivity contribution in [3.05, 3.63) is 30.3 Å². The highest BCUT2D eigenvalue weighted by Crippen LogP contribution is 2.36. The van der Waals surface area contributed by atoms with Crippen molar-refractivity contribution in [2.75, 3.05) is 6.61 Å². The van der Waals surface area contributed by atoms with E-state index in [1.54, 1.807) is 0 Å². The van der Waals surface area contributed by atoms with Crippen LogP contribution in [0.5, 0.6) is 5.75 Å². The van der Waals surface area contributed by atoms with Crippen LogP contribution < -0.4 is 10.5 Å². The highest BCUT2D eigenvalue weighted by atomic mass is 16.5. The Hall–Kier alpha value is -1.02. The van der Waals surface area contributed by atoms with Gasteiger partial charge in [-0.3, -0.25) is 0 Å². The normalized spacial score (nSPS) is 17.8. The predicted octanol–water partition coefficient (Wildman–Crippen LogP) is 2.34. The molecule has 0 bridgehead atoms. The first kappa shape index (κ1) is 9.53. The van der Waals surface area contributed by atoms with E-state index < -0.39 is 0 Å². The maximum atomic E-state index is 5.97. The van der Waals surface area contributed by atoms with Crippen molar-refractivity contribution in [2.24, 2.45) is 5.73 Å². The first-order chi connectivity index (χ1) is 6.79. The van der Waals surface area contributed by atoms with Crippen molar-refractivity contribution in [3.8, 4) is 5.75 Å². The summed E-state index contributed by atoms with van der Waals surface area (Å²) in [6.45, 7) is 0.781. The molecular weight excluding hydrogens is 174 g/mol. The molecule has 1 aliphatic rings. The highest BCUT2D eigenvalue weighted by Gasteiger charge is 2.36. The number of para-hydroxylation sites is 1. The molecule has 1 fully saturated rings. The zero-order valence-corrected chi connectivity index (χ0v) is 8.41. The SMILES string of the molecule is NC1(CCCOc2ccccc2)CC1. The Morgan fingerprint density at radius 2 is 1.93 bits per heavy atom. The Kier molecular flexibility index (Phi) is 2.73. The number of rotatable bonds is 5. The van der Waals surface area contributed by atoms with E-state index in [4.69, 9.17) is 10.5 Å². The van der Waals surface area contributed by atoms with Crippen LogP contribution in [0.1, 0.15) is 25.7 Å².